The molecule has 0 unspecified atom stereocenters. The molecule has 0 bridgehead atoms. The lowest BCUT2D eigenvalue weighted by atomic mass is 10.1. The largest absolute Gasteiger partial charge is 0.494 e. The van der Waals surface area contributed by atoms with Gasteiger partial charge in [-0.1, -0.05) is 0 Å². The first-order valence-electron chi connectivity index (χ1n) is 6.24. The molecule has 20 heavy (non-hydrogen) atoms. The first-order chi connectivity index (χ1) is 9.71. The molecule has 0 fully saturated rings. The van der Waals surface area contributed by atoms with E-state index in [0.717, 1.165) is 11.3 Å². The summed E-state index contributed by atoms with van der Waals surface area (Å²) in [6.07, 6.45) is 0.709. The fourth-order valence-corrected chi connectivity index (χ4v) is 1.91. The smallest absolute Gasteiger partial charge is 0.156 e. The summed E-state index contributed by atoms with van der Waals surface area (Å²) in [5.41, 5.74) is 7.59. The van der Waals surface area contributed by atoms with Gasteiger partial charge in [-0.25, -0.2) is 4.68 Å². The molecule has 0 spiro atoms. The molecule has 2 aromatic rings. The van der Waals surface area contributed by atoms with E-state index in [0.29, 0.717) is 30.0 Å². The van der Waals surface area contributed by atoms with Crippen molar-refractivity contribution >= 4 is 12.1 Å². The molecule has 6 nitrogen and oxygen atoms in total. The number of anilines is 1. The monoisotopic (exact) mass is 275 g/mol. The van der Waals surface area contributed by atoms with Crippen LogP contribution in [0.1, 0.15) is 17.3 Å². The second kappa shape index (κ2) is 6.21. The van der Waals surface area contributed by atoms with Crippen LogP contribution in [-0.2, 0) is 11.5 Å². The Labute approximate surface area is 117 Å². The van der Waals surface area contributed by atoms with E-state index in [1.807, 2.05) is 31.2 Å². The summed E-state index contributed by atoms with van der Waals surface area (Å²) in [7, 11) is 1.54. The molecular weight excluding hydrogens is 258 g/mol. The van der Waals surface area contributed by atoms with Crippen molar-refractivity contribution in [2.75, 3.05) is 19.5 Å². The Morgan fingerprint density at radius 2 is 2.05 bits per heavy atom. The zero-order valence-corrected chi connectivity index (χ0v) is 11.5. The second-order valence-corrected chi connectivity index (χ2v) is 4.14. The first kappa shape index (κ1) is 14.1. The van der Waals surface area contributed by atoms with Gasteiger partial charge in [-0.05, 0) is 31.2 Å². The first-order valence-corrected chi connectivity index (χ1v) is 6.24. The number of nitrogens with two attached hydrogens (primary N) is 1. The van der Waals surface area contributed by atoms with Gasteiger partial charge in [0.15, 0.2) is 6.29 Å². The number of hydrogen-bond acceptors (Lipinski definition) is 5. The molecule has 106 valence electrons. The summed E-state index contributed by atoms with van der Waals surface area (Å²) in [5.74, 6) is 1.07. The fourth-order valence-electron chi connectivity index (χ4n) is 1.91. The van der Waals surface area contributed by atoms with Crippen molar-refractivity contribution in [2.45, 2.75) is 13.7 Å². The van der Waals surface area contributed by atoms with Crippen LogP contribution in [0, 0.1) is 0 Å². The molecule has 0 atom stereocenters. The minimum Gasteiger partial charge on any atom is -0.494 e. The van der Waals surface area contributed by atoms with Crippen LogP contribution >= 0.6 is 0 Å². The van der Waals surface area contributed by atoms with Crippen molar-refractivity contribution in [2.24, 2.45) is 0 Å². The van der Waals surface area contributed by atoms with Gasteiger partial charge in [0.2, 0.25) is 0 Å². The fraction of sp³-hybridized carbons (Fsp3) is 0.286. The van der Waals surface area contributed by atoms with Gasteiger partial charge in [0.05, 0.1) is 12.2 Å². The standard InChI is InChI=1S/C14H17N3O3/c1-3-20-11-6-4-10(5-7-11)13-12(8-18)14(15)17(16-13)9-19-2/h4-8H,3,9,15H2,1-2H3. The summed E-state index contributed by atoms with van der Waals surface area (Å²) in [5, 5.41) is 4.31. The van der Waals surface area contributed by atoms with E-state index < -0.39 is 0 Å². The van der Waals surface area contributed by atoms with Crippen LogP contribution in [0.2, 0.25) is 0 Å². The third-order valence-electron chi connectivity index (χ3n) is 2.84. The topological polar surface area (TPSA) is 79.4 Å². The number of benzene rings is 1. The van der Waals surface area contributed by atoms with Gasteiger partial charge in [-0.15, -0.1) is 0 Å². The van der Waals surface area contributed by atoms with Crippen LogP contribution in [0.15, 0.2) is 24.3 Å². The second-order valence-electron chi connectivity index (χ2n) is 4.14. The Balaban J connectivity index is 2.40. The van der Waals surface area contributed by atoms with Crippen molar-refractivity contribution < 1.29 is 14.3 Å². The maximum Gasteiger partial charge on any atom is 0.156 e. The molecule has 0 saturated heterocycles. The Hall–Kier alpha value is -2.34. The highest BCUT2D eigenvalue weighted by molar-refractivity contribution is 5.91. The van der Waals surface area contributed by atoms with E-state index in [2.05, 4.69) is 5.10 Å². The number of hydrogen-bond donors (Lipinski definition) is 1. The van der Waals surface area contributed by atoms with Crippen LogP contribution < -0.4 is 10.5 Å². The predicted molar refractivity (Wildman–Crippen MR) is 75.6 cm³/mol. The third-order valence-corrected chi connectivity index (χ3v) is 2.84. The van der Waals surface area contributed by atoms with Crippen LogP contribution in [0.3, 0.4) is 0 Å². The number of carbonyl (C=O) groups is 1. The molecule has 2 rings (SSSR count). The molecule has 6 heteroatoms. The number of aromatic nitrogens is 2. The van der Waals surface area contributed by atoms with Crippen LogP contribution in [-0.4, -0.2) is 29.8 Å². The number of ether oxygens (including phenoxy) is 2. The summed E-state index contributed by atoms with van der Waals surface area (Å²) < 4.78 is 11.8. The predicted octanol–water partition coefficient (Wildman–Crippen LogP) is 1.95. The molecule has 0 aliphatic heterocycles. The zero-order valence-electron chi connectivity index (χ0n) is 11.5. The Morgan fingerprint density at radius 3 is 2.60 bits per heavy atom. The number of nitrogen functional groups attached to an aromatic ring is 1. The van der Waals surface area contributed by atoms with Crippen LogP contribution in [0.4, 0.5) is 5.82 Å². The minimum atomic E-state index is 0.198. The van der Waals surface area contributed by atoms with E-state index in [1.54, 1.807) is 0 Å². The number of aldehydes is 1. The molecule has 0 aliphatic rings. The summed E-state index contributed by atoms with van der Waals surface area (Å²) in [6, 6.07) is 7.35. The molecule has 0 aliphatic carbocycles. The van der Waals surface area contributed by atoms with E-state index in [-0.39, 0.29) is 6.73 Å². The van der Waals surface area contributed by atoms with Crippen molar-refractivity contribution in [3.05, 3.63) is 29.8 Å². The molecule has 2 N–H and O–H groups in total. The molecule has 1 aromatic heterocycles. The van der Waals surface area contributed by atoms with Gasteiger partial charge in [0.1, 0.15) is 24.0 Å². The maximum atomic E-state index is 11.2. The van der Waals surface area contributed by atoms with Crippen LogP contribution in [0.5, 0.6) is 5.75 Å². The van der Waals surface area contributed by atoms with E-state index in [1.165, 1.54) is 11.8 Å². The van der Waals surface area contributed by atoms with Gasteiger partial charge in [-0.3, -0.25) is 4.79 Å². The SMILES string of the molecule is CCOc1ccc(-c2nn(COC)c(N)c2C=O)cc1. The lowest BCUT2D eigenvalue weighted by Gasteiger charge is -2.03. The van der Waals surface area contributed by atoms with E-state index >= 15 is 0 Å². The molecule has 1 aromatic carbocycles. The van der Waals surface area contributed by atoms with Crippen LogP contribution in [0.25, 0.3) is 11.3 Å². The lowest BCUT2D eigenvalue weighted by Crippen LogP contribution is -2.06. The van der Waals surface area contributed by atoms with Gasteiger partial charge in [-0.2, -0.15) is 5.10 Å². The quantitative estimate of drug-likeness (QED) is 0.815. The van der Waals surface area contributed by atoms with Gasteiger partial charge in [0.25, 0.3) is 0 Å². The number of rotatable bonds is 6. The van der Waals surface area contributed by atoms with E-state index in [9.17, 15) is 4.79 Å². The average molecular weight is 275 g/mol. The zero-order chi connectivity index (χ0) is 14.5. The molecule has 0 amide bonds. The normalized spacial score (nSPS) is 10.5. The minimum absolute atomic E-state index is 0.198. The average Bonchev–Trinajstić information content (AvgIpc) is 2.77. The Kier molecular flexibility index (Phi) is 4.37. The van der Waals surface area contributed by atoms with E-state index in [4.69, 9.17) is 15.2 Å². The summed E-state index contributed by atoms with van der Waals surface area (Å²) in [4.78, 5) is 11.2. The Morgan fingerprint density at radius 1 is 1.35 bits per heavy atom. The highest BCUT2D eigenvalue weighted by Crippen LogP contribution is 2.27. The van der Waals surface area contributed by atoms with Crippen molar-refractivity contribution in [1.82, 2.24) is 9.78 Å². The van der Waals surface area contributed by atoms with Crippen molar-refractivity contribution in [3.8, 4) is 17.0 Å². The Bertz CT molecular complexity index is 590. The molecule has 0 radical (unpaired) electrons. The number of carbonyl (C=O) groups excluding carboxylic acids is 1. The van der Waals surface area contributed by atoms with Gasteiger partial charge in [0, 0.05) is 12.7 Å². The highest BCUT2D eigenvalue weighted by atomic mass is 16.5. The maximum absolute atomic E-state index is 11.2. The molecule has 0 saturated carbocycles. The number of nitrogens with zero attached hydrogens (tertiary/aromatic N) is 2. The van der Waals surface area contributed by atoms with Crippen molar-refractivity contribution in [1.29, 1.82) is 0 Å². The van der Waals surface area contributed by atoms with Crippen molar-refractivity contribution in [3.63, 3.8) is 0 Å². The lowest BCUT2D eigenvalue weighted by molar-refractivity contribution is 0.112. The summed E-state index contributed by atoms with van der Waals surface area (Å²) in [6.45, 7) is 2.73. The molecule has 1 heterocycles. The number of methoxy groups -OCH3 is 1. The summed E-state index contributed by atoms with van der Waals surface area (Å²) >= 11 is 0. The van der Waals surface area contributed by atoms with Gasteiger partial charge >= 0.3 is 0 Å². The highest BCUT2D eigenvalue weighted by Gasteiger charge is 2.16. The third kappa shape index (κ3) is 2.65. The van der Waals surface area contributed by atoms with Gasteiger partial charge < -0.3 is 15.2 Å². The molecular formula is C14H17N3O3.